The van der Waals surface area contributed by atoms with Crippen LogP contribution in [0.2, 0.25) is 0 Å². The Morgan fingerprint density at radius 3 is 3.00 bits per heavy atom. The van der Waals surface area contributed by atoms with E-state index in [4.69, 9.17) is 0 Å². The predicted molar refractivity (Wildman–Crippen MR) is 62.6 cm³/mol. The van der Waals surface area contributed by atoms with Crippen LogP contribution in [0.3, 0.4) is 0 Å². The van der Waals surface area contributed by atoms with Crippen molar-refractivity contribution in [1.82, 2.24) is 9.78 Å². The third kappa shape index (κ3) is 2.36. The van der Waals surface area contributed by atoms with E-state index in [9.17, 15) is 0 Å². The van der Waals surface area contributed by atoms with Gasteiger partial charge in [0.25, 0.3) is 0 Å². The molecule has 74 valence electrons. The number of aryl methyl sites for hydroxylation is 1. The van der Waals surface area contributed by atoms with Crippen LogP contribution in [0.4, 0.5) is 5.69 Å². The minimum atomic E-state index is 0.849. The topological polar surface area (TPSA) is 29.9 Å². The molecule has 5 heteroatoms. The molecule has 3 nitrogen and oxygen atoms in total. The normalized spacial score (nSPS) is 10.4. The zero-order valence-corrected chi connectivity index (χ0v) is 10.1. The first kappa shape index (κ1) is 9.73. The lowest BCUT2D eigenvalue weighted by molar-refractivity contribution is 0.768. The Morgan fingerprint density at radius 2 is 2.43 bits per heavy atom. The Balaban J connectivity index is 1.94. The highest BCUT2D eigenvalue weighted by atomic mass is 79.9. The van der Waals surface area contributed by atoms with E-state index in [0.29, 0.717) is 0 Å². The van der Waals surface area contributed by atoms with Gasteiger partial charge in [0, 0.05) is 24.7 Å². The summed E-state index contributed by atoms with van der Waals surface area (Å²) in [4.78, 5) is 1.31. The summed E-state index contributed by atoms with van der Waals surface area (Å²) in [6.07, 6.45) is 3.78. The molecular weight excluding hydrogens is 262 g/mol. The summed E-state index contributed by atoms with van der Waals surface area (Å²) in [7, 11) is 1.91. The van der Waals surface area contributed by atoms with Gasteiger partial charge in [0.15, 0.2) is 0 Å². The van der Waals surface area contributed by atoms with Crippen molar-refractivity contribution in [2.75, 3.05) is 5.32 Å². The van der Waals surface area contributed by atoms with Crippen molar-refractivity contribution in [3.63, 3.8) is 0 Å². The summed E-state index contributed by atoms with van der Waals surface area (Å²) < 4.78 is 2.95. The summed E-state index contributed by atoms with van der Waals surface area (Å²) >= 11 is 5.18. The Bertz CT molecular complexity index is 381. The van der Waals surface area contributed by atoms with Crippen LogP contribution in [0.25, 0.3) is 0 Å². The van der Waals surface area contributed by atoms with E-state index in [1.54, 1.807) is 16.0 Å². The smallest absolute Gasteiger partial charge is 0.0729 e. The van der Waals surface area contributed by atoms with E-state index in [0.717, 1.165) is 12.2 Å². The van der Waals surface area contributed by atoms with Gasteiger partial charge in [-0.1, -0.05) is 0 Å². The Morgan fingerprint density at radius 1 is 1.57 bits per heavy atom. The summed E-state index contributed by atoms with van der Waals surface area (Å²) in [6.45, 7) is 0.849. The first-order chi connectivity index (χ1) is 6.74. The maximum Gasteiger partial charge on any atom is 0.0729 e. The number of rotatable bonds is 3. The summed E-state index contributed by atoms with van der Waals surface area (Å²) in [6, 6.07) is 4.17. The van der Waals surface area contributed by atoms with E-state index >= 15 is 0 Å². The van der Waals surface area contributed by atoms with Crippen molar-refractivity contribution < 1.29 is 0 Å². The minimum absolute atomic E-state index is 0.849. The molecule has 2 heterocycles. The van der Waals surface area contributed by atoms with E-state index in [1.165, 1.54) is 8.66 Å². The monoisotopic (exact) mass is 271 g/mol. The van der Waals surface area contributed by atoms with E-state index < -0.39 is 0 Å². The highest BCUT2D eigenvalue weighted by Gasteiger charge is 1.98. The van der Waals surface area contributed by atoms with E-state index in [1.807, 2.05) is 19.4 Å². The van der Waals surface area contributed by atoms with Gasteiger partial charge >= 0.3 is 0 Å². The second-order valence-electron chi connectivity index (χ2n) is 2.96. The number of aromatic nitrogens is 2. The second kappa shape index (κ2) is 4.14. The quantitative estimate of drug-likeness (QED) is 0.931. The molecule has 1 N–H and O–H groups in total. The first-order valence-electron chi connectivity index (χ1n) is 4.21. The van der Waals surface area contributed by atoms with Gasteiger partial charge in [0.2, 0.25) is 0 Å². The highest BCUT2D eigenvalue weighted by molar-refractivity contribution is 9.11. The molecule has 0 spiro atoms. The molecule has 2 rings (SSSR count). The fourth-order valence-corrected chi connectivity index (χ4v) is 2.57. The zero-order chi connectivity index (χ0) is 9.97. The molecule has 0 amide bonds. The molecule has 0 saturated heterocycles. The van der Waals surface area contributed by atoms with Crippen molar-refractivity contribution in [2.24, 2.45) is 7.05 Å². The van der Waals surface area contributed by atoms with Crippen LogP contribution in [0.15, 0.2) is 28.3 Å². The zero-order valence-electron chi connectivity index (χ0n) is 7.70. The highest BCUT2D eigenvalue weighted by Crippen LogP contribution is 2.22. The molecule has 0 unspecified atom stereocenters. The van der Waals surface area contributed by atoms with Gasteiger partial charge in [-0.2, -0.15) is 5.10 Å². The molecule has 14 heavy (non-hydrogen) atoms. The van der Waals surface area contributed by atoms with Gasteiger partial charge in [-0.3, -0.25) is 4.68 Å². The Hall–Kier alpha value is -0.810. The SMILES string of the molecule is Cn1cc(NCc2ccc(Br)s2)cn1. The summed E-state index contributed by atoms with van der Waals surface area (Å²) in [5, 5.41) is 7.38. The van der Waals surface area contributed by atoms with Gasteiger partial charge in [-0.15, -0.1) is 11.3 Å². The van der Waals surface area contributed by atoms with Gasteiger partial charge < -0.3 is 5.32 Å². The molecule has 0 fully saturated rings. The van der Waals surface area contributed by atoms with Crippen LogP contribution in [0.5, 0.6) is 0 Å². The molecule has 0 aromatic carbocycles. The van der Waals surface area contributed by atoms with Crippen LogP contribution in [-0.2, 0) is 13.6 Å². The van der Waals surface area contributed by atoms with Gasteiger partial charge in [-0.05, 0) is 28.1 Å². The summed E-state index contributed by atoms with van der Waals surface area (Å²) in [5.74, 6) is 0. The number of halogens is 1. The third-order valence-corrected chi connectivity index (χ3v) is 3.42. The van der Waals surface area contributed by atoms with E-state index in [2.05, 4.69) is 38.5 Å². The summed E-state index contributed by atoms with van der Waals surface area (Å²) in [5.41, 5.74) is 1.05. The number of hydrogen-bond donors (Lipinski definition) is 1. The molecule has 0 aliphatic carbocycles. The average Bonchev–Trinajstić information content (AvgIpc) is 2.72. The molecule has 2 aromatic heterocycles. The van der Waals surface area contributed by atoms with Crippen molar-refractivity contribution in [1.29, 1.82) is 0 Å². The number of thiophene rings is 1. The first-order valence-corrected chi connectivity index (χ1v) is 5.82. The molecule has 0 aliphatic rings. The largest absolute Gasteiger partial charge is 0.378 e. The van der Waals surface area contributed by atoms with Crippen LogP contribution in [-0.4, -0.2) is 9.78 Å². The van der Waals surface area contributed by atoms with Crippen molar-refractivity contribution in [3.8, 4) is 0 Å². The van der Waals surface area contributed by atoms with Gasteiger partial charge in [0.1, 0.15) is 0 Å². The molecule has 0 bridgehead atoms. The standard InChI is InChI=1S/C9H10BrN3S/c1-13-6-7(4-12-13)11-5-8-2-3-9(10)14-8/h2-4,6,11H,5H2,1H3. The lowest BCUT2D eigenvalue weighted by Gasteiger charge is -1.99. The maximum atomic E-state index is 4.08. The second-order valence-corrected chi connectivity index (χ2v) is 5.51. The molecule has 0 saturated carbocycles. The van der Waals surface area contributed by atoms with Crippen molar-refractivity contribution in [2.45, 2.75) is 6.54 Å². The molecule has 0 radical (unpaired) electrons. The van der Waals surface area contributed by atoms with Crippen LogP contribution >= 0.6 is 27.3 Å². The molecule has 0 atom stereocenters. The van der Waals surface area contributed by atoms with Crippen molar-refractivity contribution >= 4 is 33.0 Å². The van der Waals surface area contributed by atoms with Gasteiger partial charge in [0.05, 0.1) is 15.7 Å². The number of nitrogens with one attached hydrogen (secondary N) is 1. The lowest BCUT2D eigenvalue weighted by Crippen LogP contribution is -1.95. The van der Waals surface area contributed by atoms with Crippen LogP contribution in [0.1, 0.15) is 4.88 Å². The number of anilines is 1. The predicted octanol–water partition coefficient (Wildman–Crippen LogP) is 2.86. The Kier molecular flexibility index (Phi) is 2.88. The minimum Gasteiger partial charge on any atom is -0.378 e. The average molecular weight is 272 g/mol. The maximum absolute atomic E-state index is 4.08. The van der Waals surface area contributed by atoms with Crippen LogP contribution in [0, 0.1) is 0 Å². The Labute approximate surface area is 94.9 Å². The van der Waals surface area contributed by atoms with Gasteiger partial charge in [-0.25, -0.2) is 0 Å². The number of nitrogens with zero attached hydrogens (tertiary/aromatic N) is 2. The molecule has 0 aliphatic heterocycles. The van der Waals surface area contributed by atoms with E-state index in [-0.39, 0.29) is 0 Å². The fraction of sp³-hybridized carbons (Fsp3) is 0.222. The molecule has 2 aromatic rings. The van der Waals surface area contributed by atoms with Crippen LogP contribution < -0.4 is 5.32 Å². The number of hydrogen-bond acceptors (Lipinski definition) is 3. The fourth-order valence-electron chi connectivity index (χ4n) is 1.15. The van der Waals surface area contributed by atoms with Crippen molar-refractivity contribution in [3.05, 3.63) is 33.2 Å². The third-order valence-electron chi connectivity index (χ3n) is 1.80. The molecular formula is C9H10BrN3S. The lowest BCUT2D eigenvalue weighted by atomic mass is 10.4.